The second kappa shape index (κ2) is 5.96. The van der Waals surface area contributed by atoms with Gasteiger partial charge in [0.2, 0.25) is 0 Å². The number of carbonyl (C=O) groups is 2. The van der Waals surface area contributed by atoms with Crippen molar-refractivity contribution in [3.8, 4) is 0 Å². The van der Waals surface area contributed by atoms with E-state index in [-0.39, 0.29) is 19.1 Å². The summed E-state index contributed by atoms with van der Waals surface area (Å²) in [4.78, 5) is 24.8. The summed E-state index contributed by atoms with van der Waals surface area (Å²) in [6.45, 7) is 4.19. The number of hydrogen-bond acceptors (Lipinski definition) is 2. The average molecular weight is 295 g/mol. The van der Waals surface area contributed by atoms with Crippen LogP contribution in [0.5, 0.6) is 0 Å². The first kappa shape index (κ1) is 14.4. The highest BCUT2D eigenvalue weighted by Gasteiger charge is 2.32. The number of rotatable bonds is 3. The van der Waals surface area contributed by atoms with E-state index in [0.29, 0.717) is 11.6 Å². The number of aliphatic carboxylic acids is 1. The molecule has 0 aliphatic carbocycles. The minimum absolute atomic E-state index is 0.146. The Morgan fingerprint density at radius 3 is 2.80 bits per heavy atom. The highest BCUT2D eigenvalue weighted by Crippen LogP contribution is 2.28. The number of fused-ring (bicyclic) bond motifs is 1. The van der Waals surface area contributed by atoms with Crippen molar-refractivity contribution >= 4 is 23.6 Å². The van der Waals surface area contributed by atoms with E-state index in [1.54, 1.807) is 6.07 Å². The summed E-state index contributed by atoms with van der Waals surface area (Å²) in [5.41, 5.74) is 1.62. The third-order valence-electron chi connectivity index (χ3n) is 3.21. The molecule has 0 bridgehead atoms. The third kappa shape index (κ3) is 3.11. The largest absolute Gasteiger partial charge is 0.481 e. The number of carboxylic acid groups (broad SMARTS) is 1. The first-order chi connectivity index (χ1) is 9.49. The van der Waals surface area contributed by atoms with Crippen LogP contribution in [0.1, 0.15) is 17.0 Å². The van der Waals surface area contributed by atoms with Gasteiger partial charge in [0, 0.05) is 18.1 Å². The van der Waals surface area contributed by atoms with Crippen LogP contribution >= 0.6 is 11.6 Å². The molecule has 1 aliphatic heterocycles. The minimum atomic E-state index is -0.934. The van der Waals surface area contributed by atoms with Gasteiger partial charge in [0.25, 0.3) is 0 Å². The zero-order chi connectivity index (χ0) is 14.7. The number of benzene rings is 1. The van der Waals surface area contributed by atoms with Crippen molar-refractivity contribution in [3.05, 3.63) is 47.0 Å². The normalized spacial score (nSPS) is 17.2. The van der Waals surface area contributed by atoms with Crippen LogP contribution in [0.2, 0.25) is 0 Å². The zero-order valence-electron chi connectivity index (χ0n) is 10.8. The van der Waals surface area contributed by atoms with E-state index < -0.39 is 11.9 Å². The maximum atomic E-state index is 12.0. The van der Waals surface area contributed by atoms with E-state index >= 15 is 0 Å². The summed E-state index contributed by atoms with van der Waals surface area (Å²) >= 11 is 5.60. The second-order valence-corrected chi connectivity index (χ2v) is 5.18. The fraction of sp³-hybridized carbons (Fsp3) is 0.286. The molecule has 106 valence electrons. The number of carbonyl (C=O) groups excluding carboxylic acids is 1. The average Bonchev–Trinajstić information content (AvgIpc) is 2.43. The molecular weight excluding hydrogens is 280 g/mol. The summed E-state index contributed by atoms with van der Waals surface area (Å²) < 4.78 is 0. The van der Waals surface area contributed by atoms with Gasteiger partial charge in [-0.2, -0.15) is 0 Å². The van der Waals surface area contributed by atoms with Crippen LogP contribution in [0.15, 0.2) is 35.9 Å². The summed E-state index contributed by atoms with van der Waals surface area (Å²) in [5, 5.41) is 12.2. The summed E-state index contributed by atoms with van der Waals surface area (Å²) in [5.74, 6) is -1.64. The molecule has 1 unspecified atom stereocenters. The van der Waals surface area contributed by atoms with Crippen LogP contribution in [-0.4, -0.2) is 35.1 Å². The van der Waals surface area contributed by atoms with Gasteiger partial charge in [0.15, 0.2) is 0 Å². The molecule has 5 nitrogen and oxygen atoms in total. The van der Waals surface area contributed by atoms with Gasteiger partial charge in [0.1, 0.15) is 0 Å². The van der Waals surface area contributed by atoms with Gasteiger partial charge in [0.05, 0.1) is 12.5 Å². The zero-order valence-corrected chi connectivity index (χ0v) is 11.6. The molecule has 2 N–H and O–H groups in total. The number of carboxylic acids is 1. The lowest BCUT2D eigenvalue weighted by Gasteiger charge is -2.32. The number of nitrogens with one attached hydrogen (secondary N) is 1. The van der Waals surface area contributed by atoms with Gasteiger partial charge in [-0.25, -0.2) is 4.79 Å². The van der Waals surface area contributed by atoms with Crippen molar-refractivity contribution < 1.29 is 14.7 Å². The Morgan fingerprint density at radius 1 is 1.45 bits per heavy atom. The fourth-order valence-electron chi connectivity index (χ4n) is 2.26. The van der Waals surface area contributed by atoms with Crippen LogP contribution in [0.3, 0.4) is 0 Å². The SMILES string of the molecule is C=C(Cl)CNC(=O)N1Cc2ccccc2C(C(=O)O)C1. The van der Waals surface area contributed by atoms with Gasteiger partial charge >= 0.3 is 12.0 Å². The van der Waals surface area contributed by atoms with E-state index in [4.69, 9.17) is 11.6 Å². The molecular formula is C14H15ClN2O3. The Kier molecular flexibility index (Phi) is 4.29. The molecule has 6 heteroatoms. The number of amides is 2. The first-order valence-electron chi connectivity index (χ1n) is 6.15. The topological polar surface area (TPSA) is 69.6 Å². The molecule has 0 saturated heterocycles. The molecule has 0 fully saturated rings. The Balaban J connectivity index is 2.18. The van der Waals surface area contributed by atoms with E-state index in [1.807, 2.05) is 18.2 Å². The van der Waals surface area contributed by atoms with Crippen molar-refractivity contribution in [1.82, 2.24) is 10.2 Å². The van der Waals surface area contributed by atoms with Crippen LogP contribution in [0.25, 0.3) is 0 Å². The molecule has 2 rings (SSSR count). The number of hydrogen-bond donors (Lipinski definition) is 2. The van der Waals surface area contributed by atoms with Crippen molar-refractivity contribution in [3.63, 3.8) is 0 Å². The van der Waals surface area contributed by atoms with Gasteiger partial charge in [-0.05, 0) is 11.1 Å². The third-order valence-corrected chi connectivity index (χ3v) is 3.35. The van der Waals surface area contributed by atoms with Gasteiger partial charge < -0.3 is 15.3 Å². The summed E-state index contributed by atoms with van der Waals surface area (Å²) in [6, 6.07) is 6.93. The highest BCUT2D eigenvalue weighted by molar-refractivity contribution is 6.29. The Morgan fingerprint density at radius 2 is 2.15 bits per heavy atom. The number of urea groups is 1. The maximum absolute atomic E-state index is 12.0. The molecule has 1 aromatic rings. The molecule has 0 radical (unpaired) electrons. The smallest absolute Gasteiger partial charge is 0.318 e. The van der Waals surface area contributed by atoms with Crippen molar-refractivity contribution in [2.75, 3.05) is 13.1 Å². The Bertz CT molecular complexity index is 559. The molecule has 1 aromatic carbocycles. The van der Waals surface area contributed by atoms with E-state index in [9.17, 15) is 14.7 Å². The molecule has 1 aliphatic rings. The van der Waals surface area contributed by atoms with E-state index in [2.05, 4.69) is 11.9 Å². The maximum Gasteiger partial charge on any atom is 0.318 e. The van der Waals surface area contributed by atoms with Crippen LogP contribution in [-0.2, 0) is 11.3 Å². The number of nitrogens with zero attached hydrogens (tertiary/aromatic N) is 1. The Labute approximate surface area is 121 Å². The monoisotopic (exact) mass is 294 g/mol. The van der Waals surface area contributed by atoms with Gasteiger partial charge in [-0.1, -0.05) is 42.4 Å². The fourth-order valence-corrected chi connectivity index (χ4v) is 2.32. The van der Waals surface area contributed by atoms with Crippen LogP contribution in [0.4, 0.5) is 4.79 Å². The molecule has 2 amide bonds. The number of halogens is 1. The predicted octanol–water partition coefficient (Wildman–Crippen LogP) is 2.13. The van der Waals surface area contributed by atoms with Crippen LogP contribution in [0, 0.1) is 0 Å². The lowest BCUT2D eigenvalue weighted by atomic mass is 9.90. The highest BCUT2D eigenvalue weighted by atomic mass is 35.5. The lowest BCUT2D eigenvalue weighted by molar-refractivity contribution is -0.139. The van der Waals surface area contributed by atoms with E-state index in [0.717, 1.165) is 11.1 Å². The predicted molar refractivity (Wildman–Crippen MR) is 75.6 cm³/mol. The molecule has 0 spiro atoms. The second-order valence-electron chi connectivity index (χ2n) is 4.65. The molecule has 1 atom stereocenters. The van der Waals surface area contributed by atoms with Crippen molar-refractivity contribution in [1.29, 1.82) is 0 Å². The molecule has 0 saturated carbocycles. The van der Waals surface area contributed by atoms with Gasteiger partial charge in [-0.3, -0.25) is 4.79 Å². The van der Waals surface area contributed by atoms with Crippen molar-refractivity contribution in [2.24, 2.45) is 0 Å². The quantitative estimate of drug-likeness (QED) is 0.897. The summed E-state index contributed by atoms with van der Waals surface area (Å²) in [6.07, 6.45) is 0. The lowest BCUT2D eigenvalue weighted by Crippen LogP contribution is -2.45. The van der Waals surface area contributed by atoms with Crippen LogP contribution < -0.4 is 5.32 Å². The Hall–Kier alpha value is -2.01. The van der Waals surface area contributed by atoms with Gasteiger partial charge in [-0.15, -0.1) is 0 Å². The first-order valence-corrected chi connectivity index (χ1v) is 6.53. The minimum Gasteiger partial charge on any atom is -0.481 e. The van der Waals surface area contributed by atoms with E-state index in [1.165, 1.54) is 4.90 Å². The van der Waals surface area contributed by atoms with Crippen molar-refractivity contribution in [2.45, 2.75) is 12.5 Å². The molecule has 20 heavy (non-hydrogen) atoms. The molecule has 1 heterocycles. The summed E-state index contributed by atoms with van der Waals surface area (Å²) in [7, 11) is 0. The molecule has 0 aromatic heterocycles. The standard InChI is InChI=1S/C14H15ClN2O3/c1-9(15)6-16-14(20)17-7-10-4-2-3-5-11(10)12(8-17)13(18)19/h2-5,12H,1,6-8H2,(H,16,20)(H,18,19).